The summed E-state index contributed by atoms with van der Waals surface area (Å²) in [7, 11) is 1.40. The minimum atomic E-state index is -0.309. The zero-order valence-electron chi connectivity index (χ0n) is 11.6. The minimum Gasteiger partial charge on any atom is -0.468 e. The first kappa shape index (κ1) is 15.2. The van der Waals surface area contributed by atoms with Crippen molar-refractivity contribution in [3.8, 4) is 6.07 Å². The molecule has 1 unspecified atom stereocenters. The van der Waals surface area contributed by atoms with Gasteiger partial charge in [0.1, 0.15) is 6.04 Å². The molecule has 4 heteroatoms. The lowest BCUT2D eigenvalue weighted by molar-refractivity contribution is -0.143. The lowest BCUT2D eigenvalue weighted by atomic mass is 10.0. The zero-order valence-corrected chi connectivity index (χ0v) is 11.6. The molecule has 0 amide bonds. The smallest absolute Gasteiger partial charge is 0.322 e. The van der Waals surface area contributed by atoms with Gasteiger partial charge in [0.25, 0.3) is 0 Å². The van der Waals surface area contributed by atoms with Crippen LogP contribution < -0.4 is 5.32 Å². The van der Waals surface area contributed by atoms with Gasteiger partial charge in [-0.2, -0.15) is 5.26 Å². The van der Waals surface area contributed by atoms with E-state index in [4.69, 9.17) is 10.00 Å². The third kappa shape index (κ3) is 5.11. The molecule has 0 saturated carbocycles. The Balaban J connectivity index is 2.65. The van der Waals surface area contributed by atoms with Gasteiger partial charge in [0.15, 0.2) is 0 Å². The van der Waals surface area contributed by atoms with E-state index >= 15 is 0 Å². The first-order valence-electron chi connectivity index (χ1n) is 6.37. The maximum Gasteiger partial charge on any atom is 0.322 e. The van der Waals surface area contributed by atoms with Gasteiger partial charge >= 0.3 is 5.97 Å². The molecule has 0 saturated heterocycles. The van der Waals surface area contributed by atoms with Crippen LogP contribution in [0.1, 0.15) is 31.4 Å². The second kappa shape index (κ2) is 7.55. The summed E-state index contributed by atoms with van der Waals surface area (Å²) in [5.74, 6) is 0.159. The van der Waals surface area contributed by atoms with Crippen molar-refractivity contribution in [1.29, 1.82) is 5.26 Å². The number of nitrogens with zero attached hydrogens (tertiary/aromatic N) is 1. The summed E-state index contributed by atoms with van der Waals surface area (Å²) < 4.78 is 4.79. The average Bonchev–Trinajstić information content (AvgIpc) is 2.42. The Labute approximate surface area is 114 Å². The van der Waals surface area contributed by atoms with Gasteiger partial charge in [-0.25, -0.2) is 0 Å². The highest BCUT2D eigenvalue weighted by Gasteiger charge is 2.19. The van der Waals surface area contributed by atoms with E-state index in [-0.39, 0.29) is 12.0 Å². The van der Waals surface area contributed by atoms with Gasteiger partial charge in [0.2, 0.25) is 0 Å². The van der Waals surface area contributed by atoms with Crippen molar-refractivity contribution < 1.29 is 9.53 Å². The molecule has 4 nitrogen and oxygen atoms in total. The maximum absolute atomic E-state index is 11.7. The molecule has 0 aliphatic heterocycles. The van der Waals surface area contributed by atoms with Crippen molar-refractivity contribution in [2.75, 3.05) is 7.11 Å². The average molecular weight is 260 g/mol. The lowest BCUT2D eigenvalue weighted by Crippen LogP contribution is -2.38. The SMILES string of the molecule is COC(=O)C(CC(C)C)NCc1cccc(C#N)c1. The van der Waals surface area contributed by atoms with Crippen LogP contribution in [0.2, 0.25) is 0 Å². The number of esters is 1. The van der Waals surface area contributed by atoms with Crippen LogP contribution in [-0.2, 0) is 16.1 Å². The van der Waals surface area contributed by atoms with Gasteiger partial charge in [0, 0.05) is 6.54 Å². The van der Waals surface area contributed by atoms with Crippen LogP contribution in [0.5, 0.6) is 0 Å². The third-order valence-corrected chi connectivity index (χ3v) is 2.80. The van der Waals surface area contributed by atoms with Crippen molar-refractivity contribution in [1.82, 2.24) is 5.32 Å². The Kier molecular flexibility index (Phi) is 6.04. The van der Waals surface area contributed by atoms with Crippen LogP contribution in [0, 0.1) is 17.2 Å². The molecule has 1 rings (SSSR count). The second-order valence-corrected chi connectivity index (χ2v) is 4.90. The van der Waals surface area contributed by atoms with Crippen molar-refractivity contribution in [3.63, 3.8) is 0 Å². The fourth-order valence-corrected chi connectivity index (χ4v) is 1.87. The highest BCUT2D eigenvalue weighted by Crippen LogP contribution is 2.09. The van der Waals surface area contributed by atoms with Crippen LogP contribution >= 0.6 is 0 Å². The van der Waals surface area contributed by atoms with Gasteiger partial charge in [-0.1, -0.05) is 26.0 Å². The molecule has 0 heterocycles. The topological polar surface area (TPSA) is 62.1 Å². The van der Waals surface area contributed by atoms with Crippen LogP contribution in [0.15, 0.2) is 24.3 Å². The summed E-state index contributed by atoms with van der Waals surface area (Å²) in [5.41, 5.74) is 1.61. The minimum absolute atomic E-state index is 0.245. The Hall–Kier alpha value is -1.86. The molecule has 1 N–H and O–H groups in total. The third-order valence-electron chi connectivity index (χ3n) is 2.80. The summed E-state index contributed by atoms with van der Waals surface area (Å²) in [4.78, 5) is 11.7. The van der Waals surface area contributed by atoms with Gasteiger partial charge in [0.05, 0.1) is 18.7 Å². The largest absolute Gasteiger partial charge is 0.468 e. The Morgan fingerprint density at radius 1 is 1.47 bits per heavy atom. The molecule has 0 spiro atoms. The van der Waals surface area contributed by atoms with Crippen LogP contribution in [0.3, 0.4) is 0 Å². The van der Waals surface area contributed by atoms with E-state index in [1.807, 2.05) is 18.2 Å². The first-order valence-corrected chi connectivity index (χ1v) is 6.37. The van der Waals surface area contributed by atoms with Crippen molar-refractivity contribution >= 4 is 5.97 Å². The quantitative estimate of drug-likeness (QED) is 0.797. The second-order valence-electron chi connectivity index (χ2n) is 4.90. The summed E-state index contributed by atoms with van der Waals surface area (Å²) in [5, 5.41) is 12.0. The van der Waals surface area contributed by atoms with E-state index in [0.29, 0.717) is 18.0 Å². The number of methoxy groups -OCH3 is 1. The van der Waals surface area contributed by atoms with E-state index in [9.17, 15) is 4.79 Å². The number of nitrogens with one attached hydrogen (secondary N) is 1. The van der Waals surface area contributed by atoms with Crippen molar-refractivity contribution in [3.05, 3.63) is 35.4 Å². The van der Waals surface area contributed by atoms with Gasteiger partial charge < -0.3 is 10.1 Å². The normalized spacial score (nSPS) is 11.9. The number of nitriles is 1. The monoisotopic (exact) mass is 260 g/mol. The molecule has 0 fully saturated rings. The predicted octanol–water partition coefficient (Wildman–Crippen LogP) is 2.24. The molecule has 0 bridgehead atoms. The van der Waals surface area contributed by atoms with Gasteiger partial charge in [-0.05, 0) is 30.0 Å². The number of ether oxygens (including phenoxy) is 1. The van der Waals surface area contributed by atoms with E-state index in [2.05, 4.69) is 25.2 Å². The maximum atomic E-state index is 11.7. The number of benzene rings is 1. The van der Waals surface area contributed by atoms with Crippen molar-refractivity contribution in [2.45, 2.75) is 32.9 Å². The van der Waals surface area contributed by atoms with Crippen molar-refractivity contribution in [2.24, 2.45) is 5.92 Å². The van der Waals surface area contributed by atoms with Crippen LogP contribution in [-0.4, -0.2) is 19.1 Å². The van der Waals surface area contributed by atoms with E-state index in [1.54, 1.807) is 6.07 Å². The first-order chi connectivity index (χ1) is 9.06. The molecule has 1 aromatic carbocycles. The van der Waals surface area contributed by atoms with Crippen LogP contribution in [0.4, 0.5) is 0 Å². The molecular weight excluding hydrogens is 240 g/mol. The Bertz CT molecular complexity index is 463. The lowest BCUT2D eigenvalue weighted by Gasteiger charge is -2.18. The number of rotatable bonds is 6. The van der Waals surface area contributed by atoms with Gasteiger partial charge in [-0.3, -0.25) is 4.79 Å². The summed E-state index contributed by atoms with van der Waals surface area (Å²) in [6, 6.07) is 9.13. The summed E-state index contributed by atoms with van der Waals surface area (Å²) in [6.07, 6.45) is 0.727. The molecular formula is C15H20N2O2. The zero-order chi connectivity index (χ0) is 14.3. The number of hydrogen-bond donors (Lipinski definition) is 1. The molecule has 1 aromatic rings. The van der Waals surface area contributed by atoms with E-state index in [1.165, 1.54) is 7.11 Å². The number of carbonyl (C=O) groups excluding carboxylic acids is 1. The van der Waals surface area contributed by atoms with Gasteiger partial charge in [-0.15, -0.1) is 0 Å². The fourth-order valence-electron chi connectivity index (χ4n) is 1.87. The molecule has 0 radical (unpaired) electrons. The predicted molar refractivity (Wildman–Crippen MR) is 73.3 cm³/mol. The summed E-state index contributed by atoms with van der Waals surface area (Å²) >= 11 is 0. The van der Waals surface area contributed by atoms with E-state index < -0.39 is 0 Å². The standard InChI is InChI=1S/C15H20N2O2/c1-11(2)7-14(15(18)19-3)17-10-13-6-4-5-12(8-13)9-16/h4-6,8,11,14,17H,7,10H2,1-3H3. The van der Waals surface area contributed by atoms with Crippen LogP contribution in [0.25, 0.3) is 0 Å². The molecule has 0 aliphatic rings. The number of carbonyl (C=O) groups is 1. The number of hydrogen-bond acceptors (Lipinski definition) is 4. The molecule has 0 aromatic heterocycles. The summed E-state index contributed by atoms with van der Waals surface area (Å²) in [6.45, 7) is 4.67. The highest BCUT2D eigenvalue weighted by atomic mass is 16.5. The van der Waals surface area contributed by atoms with E-state index in [0.717, 1.165) is 12.0 Å². The molecule has 0 aliphatic carbocycles. The molecule has 102 valence electrons. The highest BCUT2D eigenvalue weighted by molar-refractivity contribution is 5.75. The molecule has 19 heavy (non-hydrogen) atoms. The fraction of sp³-hybridized carbons (Fsp3) is 0.467. The Morgan fingerprint density at radius 3 is 2.79 bits per heavy atom. The Morgan fingerprint density at radius 2 is 2.21 bits per heavy atom. The molecule has 1 atom stereocenters.